The number of aryl methyl sites for hydroxylation is 1. The zero-order valence-electron chi connectivity index (χ0n) is 13.8. The van der Waals surface area contributed by atoms with Crippen molar-refractivity contribution in [2.24, 2.45) is 5.92 Å². The first-order chi connectivity index (χ1) is 9.62. The van der Waals surface area contributed by atoms with Crippen LogP contribution in [0.25, 0.3) is 0 Å². The zero-order valence-corrected chi connectivity index (χ0v) is 13.8. The molecule has 114 valence electrons. The molecule has 1 aromatic carbocycles. The lowest BCUT2D eigenvalue weighted by Crippen LogP contribution is -2.45. The second-order valence-corrected chi connectivity index (χ2v) is 5.88. The van der Waals surface area contributed by atoms with Crippen molar-refractivity contribution < 1.29 is 4.74 Å². The largest absolute Gasteiger partial charge is 0.380 e. The van der Waals surface area contributed by atoms with Crippen LogP contribution in [0.5, 0.6) is 0 Å². The monoisotopic (exact) mass is 277 g/mol. The molecule has 2 atom stereocenters. The maximum absolute atomic E-state index is 5.73. The predicted octanol–water partition coefficient (Wildman–Crippen LogP) is 3.83. The minimum atomic E-state index is 0.257. The molecule has 0 aliphatic carbocycles. The third-order valence-electron chi connectivity index (χ3n) is 3.87. The van der Waals surface area contributed by atoms with Crippen molar-refractivity contribution in [3.8, 4) is 0 Å². The maximum Gasteiger partial charge on any atom is 0.0750 e. The van der Waals surface area contributed by atoms with Crippen LogP contribution in [0, 0.1) is 5.92 Å². The number of benzene rings is 1. The van der Waals surface area contributed by atoms with Gasteiger partial charge in [0, 0.05) is 13.2 Å². The summed E-state index contributed by atoms with van der Waals surface area (Å²) in [4.78, 5) is 0. The molecular formula is C18H31NO. The van der Waals surface area contributed by atoms with Crippen LogP contribution in [0.1, 0.15) is 45.2 Å². The van der Waals surface area contributed by atoms with Crippen LogP contribution in [0.4, 0.5) is 0 Å². The van der Waals surface area contributed by atoms with E-state index in [2.05, 4.69) is 57.3 Å². The average Bonchev–Trinajstić information content (AvgIpc) is 2.45. The lowest BCUT2D eigenvalue weighted by molar-refractivity contribution is 0.0332. The highest BCUT2D eigenvalue weighted by Gasteiger charge is 2.23. The Morgan fingerprint density at radius 1 is 1.05 bits per heavy atom. The summed E-state index contributed by atoms with van der Waals surface area (Å²) in [5.74, 6) is 0.518. The van der Waals surface area contributed by atoms with Gasteiger partial charge in [0.25, 0.3) is 0 Å². The molecule has 0 spiro atoms. The minimum absolute atomic E-state index is 0.257. The van der Waals surface area contributed by atoms with E-state index >= 15 is 0 Å². The first-order valence-electron chi connectivity index (χ1n) is 7.96. The molecule has 1 aromatic rings. The van der Waals surface area contributed by atoms with Gasteiger partial charge in [0.15, 0.2) is 0 Å². The quantitative estimate of drug-likeness (QED) is 0.740. The molecule has 0 aliphatic heterocycles. The summed E-state index contributed by atoms with van der Waals surface area (Å²) in [6.45, 7) is 9.91. The number of rotatable bonds is 9. The van der Waals surface area contributed by atoms with Crippen LogP contribution < -0.4 is 5.32 Å². The molecule has 1 rings (SSSR count). The summed E-state index contributed by atoms with van der Waals surface area (Å²) >= 11 is 0. The van der Waals surface area contributed by atoms with E-state index in [1.807, 2.05) is 7.11 Å². The Labute approximate surface area is 124 Å². The summed E-state index contributed by atoms with van der Waals surface area (Å²) in [5.41, 5.74) is 2.79. The third kappa shape index (κ3) is 5.26. The molecule has 0 radical (unpaired) electrons. The normalized spacial score (nSPS) is 14.5. The Morgan fingerprint density at radius 2 is 1.65 bits per heavy atom. The van der Waals surface area contributed by atoms with E-state index in [1.165, 1.54) is 11.1 Å². The number of nitrogens with one attached hydrogen (secondary N) is 1. The van der Waals surface area contributed by atoms with Gasteiger partial charge < -0.3 is 10.1 Å². The van der Waals surface area contributed by atoms with Crippen molar-refractivity contribution in [1.82, 2.24) is 5.32 Å². The Hall–Kier alpha value is -0.860. The number of hydrogen-bond donors (Lipinski definition) is 1. The van der Waals surface area contributed by atoms with Crippen LogP contribution in [-0.4, -0.2) is 25.8 Å². The fourth-order valence-electron chi connectivity index (χ4n) is 2.70. The first kappa shape index (κ1) is 17.2. The summed E-state index contributed by atoms with van der Waals surface area (Å²) in [5, 5.41) is 3.65. The summed E-state index contributed by atoms with van der Waals surface area (Å²) in [7, 11) is 1.82. The topological polar surface area (TPSA) is 21.3 Å². The van der Waals surface area contributed by atoms with Crippen LogP contribution in [-0.2, 0) is 17.6 Å². The summed E-state index contributed by atoms with van der Waals surface area (Å²) in [6, 6.07) is 9.37. The van der Waals surface area contributed by atoms with E-state index in [0.717, 1.165) is 25.8 Å². The van der Waals surface area contributed by atoms with Crippen molar-refractivity contribution in [2.75, 3.05) is 13.7 Å². The standard InChI is InChI=1S/C18H31NO/c1-6-12-19-17(18(20-5)14(3)4)13-16-10-8-15(7-2)9-11-16/h8-11,14,17-19H,6-7,12-13H2,1-5H3. The molecule has 2 nitrogen and oxygen atoms in total. The highest BCUT2D eigenvalue weighted by Crippen LogP contribution is 2.16. The van der Waals surface area contributed by atoms with E-state index in [4.69, 9.17) is 4.74 Å². The minimum Gasteiger partial charge on any atom is -0.380 e. The molecule has 20 heavy (non-hydrogen) atoms. The molecule has 2 heteroatoms. The highest BCUT2D eigenvalue weighted by molar-refractivity contribution is 5.23. The zero-order chi connectivity index (χ0) is 15.0. The summed E-state index contributed by atoms with van der Waals surface area (Å²) in [6.07, 6.45) is 3.54. The van der Waals surface area contributed by atoms with E-state index in [-0.39, 0.29) is 6.10 Å². The van der Waals surface area contributed by atoms with E-state index < -0.39 is 0 Å². The van der Waals surface area contributed by atoms with Gasteiger partial charge >= 0.3 is 0 Å². The fraction of sp³-hybridized carbons (Fsp3) is 0.667. The van der Waals surface area contributed by atoms with Gasteiger partial charge in [-0.25, -0.2) is 0 Å². The number of methoxy groups -OCH3 is 1. The molecule has 0 heterocycles. The second kappa shape index (κ2) is 9.15. The summed E-state index contributed by atoms with van der Waals surface area (Å²) < 4.78 is 5.73. The van der Waals surface area contributed by atoms with Gasteiger partial charge in [-0.05, 0) is 42.9 Å². The molecule has 0 bridgehead atoms. The molecule has 0 fully saturated rings. The van der Waals surface area contributed by atoms with Gasteiger partial charge in [-0.1, -0.05) is 52.0 Å². The maximum atomic E-state index is 5.73. The van der Waals surface area contributed by atoms with E-state index in [9.17, 15) is 0 Å². The van der Waals surface area contributed by atoms with Crippen molar-refractivity contribution in [2.45, 2.75) is 59.1 Å². The van der Waals surface area contributed by atoms with Crippen molar-refractivity contribution >= 4 is 0 Å². The predicted molar refractivity (Wildman–Crippen MR) is 87.2 cm³/mol. The van der Waals surface area contributed by atoms with Gasteiger partial charge in [-0.2, -0.15) is 0 Å². The smallest absolute Gasteiger partial charge is 0.0750 e. The molecule has 0 saturated carbocycles. The van der Waals surface area contributed by atoms with Gasteiger partial charge in [-0.15, -0.1) is 0 Å². The van der Waals surface area contributed by atoms with Crippen LogP contribution in [0.3, 0.4) is 0 Å². The Balaban J connectivity index is 2.76. The number of hydrogen-bond acceptors (Lipinski definition) is 2. The molecule has 1 N–H and O–H groups in total. The van der Waals surface area contributed by atoms with Crippen LogP contribution >= 0.6 is 0 Å². The van der Waals surface area contributed by atoms with Gasteiger partial charge in [0.05, 0.1) is 6.10 Å². The van der Waals surface area contributed by atoms with Crippen molar-refractivity contribution in [1.29, 1.82) is 0 Å². The molecular weight excluding hydrogens is 246 g/mol. The number of ether oxygens (including phenoxy) is 1. The lowest BCUT2D eigenvalue weighted by atomic mass is 9.93. The highest BCUT2D eigenvalue weighted by atomic mass is 16.5. The Kier molecular flexibility index (Phi) is 7.86. The average molecular weight is 277 g/mol. The van der Waals surface area contributed by atoms with Crippen molar-refractivity contribution in [3.05, 3.63) is 35.4 Å². The van der Waals surface area contributed by atoms with Crippen molar-refractivity contribution in [3.63, 3.8) is 0 Å². The molecule has 2 unspecified atom stereocenters. The molecule has 0 aliphatic rings. The SMILES string of the molecule is CCCNC(Cc1ccc(CC)cc1)C(OC)C(C)C. The van der Waals surface area contributed by atoms with E-state index in [1.54, 1.807) is 0 Å². The molecule has 0 amide bonds. The van der Waals surface area contributed by atoms with E-state index in [0.29, 0.717) is 12.0 Å². The second-order valence-electron chi connectivity index (χ2n) is 5.88. The third-order valence-corrected chi connectivity index (χ3v) is 3.87. The first-order valence-corrected chi connectivity index (χ1v) is 7.96. The van der Waals surface area contributed by atoms with Gasteiger partial charge in [0.1, 0.15) is 0 Å². The Morgan fingerprint density at radius 3 is 2.10 bits per heavy atom. The molecule has 0 aromatic heterocycles. The van der Waals surface area contributed by atoms with Crippen LogP contribution in [0.15, 0.2) is 24.3 Å². The Bertz CT molecular complexity index is 358. The fourth-order valence-corrected chi connectivity index (χ4v) is 2.70. The molecule has 0 saturated heterocycles. The lowest BCUT2D eigenvalue weighted by Gasteiger charge is -2.30. The van der Waals surface area contributed by atoms with Gasteiger partial charge in [0.2, 0.25) is 0 Å². The van der Waals surface area contributed by atoms with Crippen LogP contribution in [0.2, 0.25) is 0 Å². The van der Waals surface area contributed by atoms with Gasteiger partial charge in [-0.3, -0.25) is 0 Å².